The number of amides is 1. The molecule has 118 valence electrons. The van der Waals surface area contributed by atoms with Crippen molar-refractivity contribution < 1.29 is 27.4 Å². The van der Waals surface area contributed by atoms with Gasteiger partial charge in [-0.1, -0.05) is 0 Å². The highest BCUT2D eigenvalue weighted by Crippen LogP contribution is 2.37. The van der Waals surface area contributed by atoms with Gasteiger partial charge in [0.2, 0.25) is 0 Å². The fraction of sp³-hybridized carbons (Fsp3) is 0.462. The summed E-state index contributed by atoms with van der Waals surface area (Å²) < 4.78 is 47.9. The van der Waals surface area contributed by atoms with E-state index in [9.17, 15) is 18.0 Å². The fourth-order valence-electron chi connectivity index (χ4n) is 1.69. The first kappa shape index (κ1) is 17.6. The van der Waals surface area contributed by atoms with Crippen LogP contribution in [0.15, 0.2) is 16.6 Å². The predicted octanol–water partition coefficient (Wildman–Crippen LogP) is 3.49. The van der Waals surface area contributed by atoms with Crippen molar-refractivity contribution in [2.24, 2.45) is 0 Å². The van der Waals surface area contributed by atoms with Crippen molar-refractivity contribution >= 4 is 21.8 Å². The van der Waals surface area contributed by atoms with E-state index in [-0.39, 0.29) is 11.3 Å². The molecule has 1 aromatic rings. The fourth-order valence-corrected chi connectivity index (χ4v) is 2.25. The van der Waals surface area contributed by atoms with Gasteiger partial charge in [0.05, 0.1) is 18.2 Å². The molecule has 21 heavy (non-hydrogen) atoms. The van der Waals surface area contributed by atoms with Gasteiger partial charge < -0.3 is 14.4 Å². The second kappa shape index (κ2) is 7.02. The third kappa shape index (κ3) is 4.80. The lowest BCUT2D eigenvalue weighted by Crippen LogP contribution is -2.35. The van der Waals surface area contributed by atoms with Crippen molar-refractivity contribution in [3.63, 3.8) is 0 Å². The molecule has 1 amide bonds. The van der Waals surface area contributed by atoms with Crippen LogP contribution < -0.4 is 9.47 Å². The molecule has 1 aromatic carbocycles. The molecule has 0 saturated carbocycles. The summed E-state index contributed by atoms with van der Waals surface area (Å²) in [6, 6.07) is 2.76. The van der Waals surface area contributed by atoms with Crippen molar-refractivity contribution in [3.05, 3.63) is 22.2 Å². The number of hydrogen-bond acceptors (Lipinski definition) is 3. The van der Waals surface area contributed by atoms with Crippen molar-refractivity contribution in [2.45, 2.75) is 13.1 Å². The molecule has 0 aromatic heterocycles. The van der Waals surface area contributed by atoms with Crippen LogP contribution in [-0.2, 0) is 0 Å². The number of methoxy groups -OCH3 is 1. The van der Waals surface area contributed by atoms with Gasteiger partial charge in [-0.05, 0) is 35.0 Å². The van der Waals surface area contributed by atoms with Gasteiger partial charge in [0, 0.05) is 12.6 Å². The Kier molecular flexibility index (Phi) is 5.88. The Balaban J connectivity index is 3.08. The number of carbonyl (C=O) groups is 1. The van der Waals surface area contributed by atoms with Crippen LogP contribution in [0.25, 0.3) is 0 Å². The average molecular weight is 370 g/mol. The number of carbonyl (C=O) groups excluding carboxylic acids is 1. The van der Waals surface area contributed by atoms with E-state index in [4.69, 9.17) is 9.47 Å². The molecule has 0 heterocycles. The van der Waals surface area contributed by atoms with Crippen molar-refractivity contribution in [2.75, 3.05) is 27.3 Å². The molecule has 0 aliphatic heterocycles. The largest absolute Gasteiger partial charge is 0.493 e. The summed E-state index contributed by atoms with van der Waals surface area (Å²) in [6.45, 7) is 0.845. The van der Waals surface area contributed by atoms with Gasteiger partial charge in [0.1, 0.15) is 6.54 Å². The Morgan fingerprint density at radius 3 is 2.48 bits per heavy atom. The van der Waals surface area contributed by atoms with Crippen LogP contribution in [-0.4, -0.2) is 44.3 Å². The van der Waals surface area contributed by atoms with Crippen LogP contribution >= 0.6 is 15.9 Å². The van der Waals surface area contributed by atoms with Gasteiger partial charge in [-0.2, -0.15) is 13.2 Å². The van der Waals surface area contributed by atoms with Crippen LogP contribution in [0.1, 0.15) is 17.3 Å². The highest BCUT2D eigenvalue weighted by molar-refractivity contribution is 9.10. The Hall–Kier alpha value is -1.44. The first-order valence-corrected chi connectivity index (χ1v) is 6.81. The number of alkyl halides is 3. The summed E-state index contributed by atoms with van der Waals surface area (Å²) >= 11 is 3.22. The first-order valence-electron chi connectivity index (χ1n) is 6.02. The zero-order valence-corrected chi connectivity index (χ0v) is 13.3. The molecule has 0 fully saturated rings. The van der Waals surface area contributed by atoms with Crippen molar-refractivity contribution in [1.82, 2.24) is 4.90 Å². The summed E-state index contributed by atoms with van der Waals surface area (Å²) in [5, 5.41) is 0. The lowest BCUT2D eigenvalue weighted by Gasteiger charge is -2.20. The number of ether oxygens (including phenoxy) is 2. The molecule has 0 radical (unpaired) electrons. The lowest BCUT2D eigenvalue weighted by atomic mass is 10.1. The third-order valence-electron chi connectivity index (χ3n) is 2.53. The van der Waals surface area contributed by atoms with Crippen LogP contribution in [0.2, 0.25) is 0 Å². The zero-order chi connectivity index (χ0) is 16.2. The van der Waals surface area contributed by atoms with Crippen LogP contribution in [0.3, 0.4) is 0 Å². The molecule has 0 unspecified atom stereocenters. The minimum Gasteiger partial charge on any atom is -0.493 e. The summed E-state index contributed by atoms with van der Waals surface area (Å²) in [5.74, 6) is -0.0839. The van der Waals surface area contributed by atoms with E-state index in [0.29, 0.717) is 21.7 Å². The second-order valence-corrected chi connectivity index (χ2v) is 5.05. The standard InChI is InChI=1S/C13H15BrF3NO3/c1-4-21-11-9(14)5-8(6-10(11)20-3)12(19)18(2)7-13(15,16)17/h5-6H,4,7H2,1-3H3. The normalized spacial score (nSPS) is 11.2. The van der Waals surface area contributed by atoms with E-state index in [2.05, 4.69) is 15.9 Å². The topological polar surface area (TPSA) is 38.8 Å². The third-order valence-corrected chi connectivity index (χ3v) is 3.12. The monoisotopic (exact) mass is 369 g/mol. The van der Waals surface area contributed by atoms with E-state index in [1.807, 2.05) is 0 Å². The highest BCUT2D eigenvalue weighted by Gasteiger charge is 2.32. The van der Waals surface area contributed by atoms with E-state index in [0.717, 1.165) is 7.05 Å². The maximum absolute atomic E-state index is 12.3. The smallest absolute Gasteiger partial charge is 0.406 e. The Bertz CT molecular complexity index is 520. The van der Waals surface area contributed by atoms with Gasteiger partial charge in [0.25, 0.3) is 5.91 Å². The Labute approximate surface area is 128 Å². The molecule has 0 bridgehead atoms. The first-order chi connectivity index (χ1) is 9.69. The van der Waals surface area contributed by atoms with Crippen molar-refractivity contribution in [1.29, 1.82) is 0 Å². The summed E-state index contributed by atoms with van der Waals surface area (Å²) in [6.07, 6.45) is -4.45. The van der Waals surface area contributed by atoms with Gasteiger partial charge in [-0.25, -0.2) is 0 Å². The minimum atomic E-state index is -4.45. The van der Waals surface area contributed by atoms with Gasteiger partial charge in [-0.3, -0.25) is 4.79 Å². The van der Waals surface area contributed by atoms with Crippen LogP contribution in [0.5, 0.6) is 11.5 Å². The molecule has 0 atom stereocenters. The number of rotatable bonds is 5. The molecule has 1 rings (SSSR count). The van der Waals surface area contributed by atoms with E-state index < -0.39 is 18.6 Å². The minimum absolute atomic E-state index is 0.0777. The molecule has 0 aliphatic rings. The SMILES string of the molecule is CCOc1c(Br)cc(C(=O)N(C)CC(F)(F)F)cc1OC. The summed E-state index contributed by atoms with van der Waals surface area (Å²) in [7, 11) is 2.48. The van der Waals surface area contributed by atoms with Gasteiger partial charge in [-0.15, -0.1) is 0 Å². The molecule has 8 heteroatoms. The molecule has 0 saturated heterocycles. The maximum atomic E-state index is 12.3. The van der Waals surface area contributed by atoms with Gasteiger partial charge >= 0.3 is 6.18 Å². The quantitative estimate of drug-likeness (QED) is 0.797. The Morgan fingerprint density at radius 1 is 1.38 bits per heavy atom. The highest BCUT2D eigenvalue weighted by atomic mass is 79.9. The number of nitrogens with zero attached hydrogens (tertiary/aromatic N) is 1. The molecular weight excluding hydrogens is 355 g/mol. The van der Waals surface area contributed by atoms with E-state index >= 15 is 0 Å². The maximum Gasteiger partial charge on any atom is 0.406 e. The zero-order valence-electron chi connectivity index (χ0n) is 11.8. The second-order valence-electron chi connectivity index (χ2n) is 4.20. The summed E-state index contributed by atoms with van der Waals surface area (Å²) in [4.78, 5) is 12.6. The predicted molar refractivity (Wildman–Crippen MR) is 74.9 cm³/mol. The molecule has 0 N–H and O–H groups in total. The molecule has 4 nitrogen and oxygen atoms in total. The van der Waals surface area contributed by atoms with Crippen LogP contribution in [0.4, 0.5) is 13.2 Å². The van der Waals surface area contributed by atoms with Crippen molar-refractivity contribution in [3.8, 4) is 11.5 Å². The number of hydrogen-bond donors (Lipinski definition) is 0. The molecule has 0 aliphatic carbocycles. The number of halogens is 4. The van der Waals surface area contributed by atoms with Gasteiger partial charge in [0.15, 0.2) is 11.5 Å². The van der Waals surface area contributed by atoms with Crippen LogP contribution in [0, 0.1) is 0 Å². The van der Waals surface area contributed by atoms with E-state index in [1.54, 1.807) is 6.92 Å². The Morgan fingerprint density at radius 2 is 2.00 bits per heavy atom. The average Bonchev–Trinajstić information content (AvgIpc) is 2.38. The lowest BCUT2D eigenvalue weighted by molar-refractivity contribution is -0.138. The molecular formula is C13H15BrF3NO3. The molecule has 0 spiro atoms. The summed E-state index contributed by atoms with van der Waals surface area (Å²) in [5.41, 5.74) is 0.0777. The van der Waals surface area contributed by atoms with E-state index in [1.165, 1.54) is 19.2 Å². The number of benzene rings is 1.